The van der Waals surface area contributed by atoms with Gasteiger partial charge in [-0.15, -0.1) is 0 Å². The first-order valence-corrected chi connectivity index (χ1v) is 8.65. The fourth-order valence-corrected chi connectivity index (χ4v) is 2.55. The van der Waals surface area contributed by atoms with Crippen LogP contribution in [0.5, 0.6) is 0 Å². The van der Waals surface area contributed by atoms with E-state index >= 15 is 0 Å². The summed E-state index contributed by atoms with van der Waals surface area (Å²) in [4.78, 5) is 23.9. The van der Waals surface area contributed by atoms with Crippen LogP contribution in [0, 0.1) is 5.41 Å². The van der Waals surface area contributed by atoms with Crippen LogP contribution in [0.25, 0.3) is 0 Å². The molecule has 0 bridgehead atoms. The first-order chi connectivity index (χ1) is 9.96. The van der Waals surface area contributed by atoms with Gasteiger partial charge in [0.15, 0.2) is 0 Å². The van der Waals surface area contributed by atoms with Gasteiger partial charge in [0.1, 0.15) is 22.7 Å². The number of hydrogen-bond donors (Lipinski definition) is 2. The van der Waals surface area contributed by atoms with Crippen molar-refractivity contribution in [1.29, 1.82) is 0 Å². The zero-order valence-corrected chi connectivity index (χ0v) is 15.8. The van der Waals surface area contributed by atoms with Gasteiger partial charge in [-0.1, -0.05) is 19.3 Å². The minimum Gasteiger partial charge on any atom is -0.464 e. The lowest BCUT2D eigenvalue weighted by Crippen LogP contribution is -2.40. The maximum atomic E-state index is 11.9. The van der Waals surface area contributed by atoms with Gasteiger partial charge in [-0.3, -0.25) is 9.59 Å². The van der Waals surface area contributed by atoms with Gasteiger partial charge in [0.2, 0.25) is 0 Å². The molecule has 128 valence electrons. The van der Waals surface area contributed by atoms with E-state index < -0.39 is 9.49 Å². The second-order valence-electron chi connectivity index (χ2n) is 7.33. The van der Waals surface area contributed by atoms with Crippen molar-refractivity contribution in [3.63, 3.8) is 0 Å². The van der Waals surface area contributed by atoms with Gasteiger partial charge < -0.3 is 9.47 Å². The van der Waals surface area contributed by atoms with Crippen LogP contribution >= 0.6 is 25.3 Å². The molecule has 0 aromatic heterocycles. The third-order valence-corrected chi connectivity index (χ3v) is 4.30. The molecule has 0 aromatic rings. The number of thiol groups is 2. The maximum absolute atomic E-state index is 11.9. The molecule has 0 unspecified atom stereocenters. The molecule has 1 fully saturated rings. The van der Waals surface area contributed by atoms with E-state index in [0.717, 1.165) is 25.7 Å². The van der Waals surface area contributed by atoms with Gasteiger partial charge in [0, 0.05) is 5.41 Å². The number of hydrogen-bond acceptors (Lipinski definition) is 6. The molecule has 6 heteroatoms. The number of rotatable bonds is 6. The standard InChI is InChI=1S/C16H28O4S2/c1-14(2,21)12(17)19-10-16(8-6-5-7-9-16)11-20-13(18)15(3,4)22/h21-22H,5-11H2,1-4H3. The molecular formula is C16H28O4S2. The minimum atomic E-state index is -0.820. The van der Waals surface area contributed by atoms with Crippen molar-refractivity contribution < 1.29 is 19.1 Å². The molecule has 1 saturated carbocycles. The molecule has 0 amide bonds. The van der Waals surface area contributed by atoms with E-state index in [2.05, 4.69) is 25.3 Å². The molecule has 0 atom stereocenters. The highest BCUT2D eigenvalue weighted by Gasteiger charge is 2.38. The predicted octanol–water partition coefficient (Wildman–Crippen LogP) is 3.44. The molecule has 0 saturated heterocycles. The third kappa shape index (κ3) is 6.03. The second-order valence-corrected chi connectivity index (χ2v) is 9.57. The average Bonchev–Trinajstić information content (AvgIpc) is 2.41. The van der Waals surface area contributed by atoms with Crippen LogP contribution < -0.4 is 0 Å². The fourth-order valence-electron chi connectivity index (χ4n) is 2.42. The van der Waals surface area contributed by atoms with Crippen molar-refractivity contribution in [1.82, 2.24) is 0 Å². The number of ether oxygens (including phenoxy) is 2. The number of carbonyl (C=O) groups is 2. The zero-order valence-electron chi connectivity index (χ0n) is 14.0. The zero-order chi connectivity index (χ0) is 17.0. The Balaban J connectivity index is 2.66. The van der Waals surface area contributed by atoms with Gasteiger partial charge in [-0.2, -0.15) is 25.3 Å². The van der Waals surface area contributed by atoms with Crippen LogP contribution in [-0.4, -0.2) is 34.6 Å². The van der Waals surface area contributed by atoms with Crippen LogP contribution in [0.2, 0.25) is 0 Å². The summed E-state index contributed by atoms with van der Waals surface area (Å²) in [6.07, 6.45) is 5.08. The largest absolute Gasteiger partial charge is 0.464 e. The molecule has 1 aliphatic rings. The summed E-state index contributed by atoms with van der Waals surface area (Å²) in [5.41, 5.74) is -0.276. The Hall–Kier alpha value is -0.360. The van der Waals surface area contributed by atoms with E-state index in [0.29, 0.717) is 0 Å². The minimum absolute atomic E-state index is 0.274. The molecule has 0 aliphatic heterocycles. The van der Waals surface area contributed by atoms with Gasteiger partial charge in [-0.05, 0) is 40.5 Å². The van der Waals surface area contributed by atoms with Gasteiger partial charge in [0.25, 0.3) is 0 Å². The van der Waals surface area contributed by atoms with E-state index in [1.165, 1.54) is 6.42 Å². The Kier molecular flexibility index (Phi) is 6.69. The van der Waals surface area contributed by atoms with E-state index in [-0.39, 0.29) is 30.6 Å². The van der Waals surface area contributed by atoms with E-state index in [9.17, 15) is 9.59 Å². The van der Waals surface area contributed by atoms with Crippen LogP contribution in [0.1, 0.15) is 59.8 Å². The van der Waals surface area contributed by atoms with Crippen LogP contribution in [0.15, 0.2) is 0 Å². The summed E-state index contributed by atoms with van der Waals surface area (Å²) in [7, 11) is 0. The van der Waals surface area contributed by atoms with E-state index in [1.807, 2.05) is 0 Å². The maximum Gasteiger partial charge on any atom is 0.321 e. The molecule has 0 heterocycles. The SMILES string of the molecule is CC(C)(S)C(=O)OCC1(COC(=O)C(C)(C)S)CCCCC1. The van der Waals surface area contributed by atoms with Crippen molar-refractivity contribution in [2.45, 2.75) is 69.3 Å². The number of carbonyl (C=O) groups excluding carboxylic acids is 2. The smallest absolute Gasteiger partial charge is 0.321 e. The Morgan fingerprint density at radius 2 is 1.23 bits per heavy atom. The van der Waals surface area contributed by atoms with Gasteiger partial charge in [0.05, 0.1) is 0 Å². The molecule has 4 nitrogen and oxygen atoms in total. The highest BCUT2D eigenvalue weighted by atomic mass is 32.1. The highest BCUT2D eigenvalue weighted by Crippen LogP contribution is 2.37. The summed E-state index contributed by atoms with van der Waals surface area (Å²) in [6, 6.07) is 0. The molecule has 0 spiro atoms. The molecule has 1 aliphatic carbocycles. The van der Waals surface area contributed by atoms with Gasteiger partial charge in [-0.25, -0.2) is 0 Å². The summed E-state index contributed by atoms with van der Waals surface area (Å²) >= 11 is 8.45. The average molecular weight is 349 g/mol. The first-order valence-electron chi connectivity index (χ1n) is 7.76. The summed E-state index contributed by atoms with van der Waals surface area (Å²) < 4.78 is 9.24. The van der Waals surface area contributed by atoms with E-state index in [4.69, 9.17) is 9.47 Å². The fraction of sp³-hybridized carbons (Fsp3) is 0.875. The summed E-state index contributed by atoms with van der Waals surface area (Å²) in [5, 5.41) is 0. The van der Waals surface area contributed by atoms with Crippen molar-refractivity contribution in [3.8, 4) is 0 Å². The summed E-state index contributed by atoms with van der Waals surface area (Å²) in [5.74, 6) is -0.691. The van der Waals surface area contributed by atoms with E-state index in [1.54, 1.807) is 27.7 Å². The topological polar surface area (TPSA) is 52.6 Å². The van der Waals surface area contributed by atoms with Crippen LogP contribution in [-0.2, 0) is 19.1 Å². The van der Waals surface area contributed by atoms with Crippen LogP contribution in [0.3, 0.4) is 0 Å². The quantitative estimate of drug-likeness (QED) is 0.570. The normalized spacial score (nSPS) is 18.6. The lowest BCUT2D eigenvalue weighted by Gasteiger charge is -2.37. The molecule has 0 N–H and O–H groups in total. The van der Waals surface area contributed by atoms with Crippen molar-refractivity contribution in [2.75, 3.05) is 13.2 Å². The Morgan fingerprint density at radius 1 is 0.864 bits per heavy atom. The van der Waals surface area contributed by atoms with Crippen LogP contribution in [0.4, 0.5) is 0 Å². The molecule has 0 radical (unpaired) electrons. The summed E-state index contributed by atoms with van der Waals surface area (Å²) in [6.45, 7) is 7.36. The first kappa shape index (κ1) is 19.7. The Bertz CT molecular complexity index is 369. The number of esters is 2. The molecule has 1 rings (SSSR count). The lowest BCUT2D eigenvalue weighted by atomic mass is 9.75. The monoisotopic (exact) mass is 348 g/mol. The van der Waals surface area contributed by atoms with Crippen molar-refractivity contribution >= 4 is 37.2 Å². The molecule has 22 heavy (non-hydrogen) atoms. The lowest BCUT2D eigenvalue weighted by molar-refractivity contribution is -0.158. The van der Waals surface area contributed by atoms with Crippen molar-refractivity contribution in [3.05, 3.63) is 0 Å². The highest BCUT2D eigenvalue weighted by molar-refractivity contribution is 7.82. The molecular weight excluding hydrogens is 320 g/mol. The van der Waals surface area contributed by atoms with Gasteiger partial charge >= 0.3 is 11.9 Å². The predicted molar refractivity (Wildman–Crippen MR) is 93.6 cm³/mol. The Morgan fingerprint density at radius 3 is 1.55 bits per heavy atom. The molecule has 0 aromatic carbocycles. The third-order valence-electron chi connectivity index (χ3n) is 3.93. The van der Waals surface area contributed by atoms with Crippen molar-refractivity contribution in [2.24, 2.45) is 5.41 Å². The Labute approximate surface area is 144 Å². The second kappa shape index (κ2) is 7.47.